The molecule has 0 saturated carbocycles. The van der Waals surface area contributed by atoms with Gasteiger partial charge < -0.3 is 19.3 Å². The fraction of sp³-hybridized carbons (Fsp3) is 0.300. The van der Waals surface area contributed by atoms with Gasteiger partial charge in [-0.25, -0.2) is 0 Å². The fourth-order valence-corrected chi connectivity index (χ4v) is 2.32. The lowest BCUT2D eigenvalue weighted by Crippen LogP contribution is -2.17. The Balaban J connectivity index is 1.73. The number of aliphatic hydroxyl groups excluding tert-OH is 1. The number of carbonyl (C=O) groups excluding carboxylic acids is 2. The molecule has 0 aromatic heterocycles. The zero-order valence-electron chi connectivity index (χ0n) is 14.8. The smallest absolute Gasteiger partial charge is 0.308 e. The lowest BCUT2D eigenvalue weighted by molar-refractivity contribution is -0.132. The van der Waals surface area contributed by atoms with Gasteiger partial charge in [0.2, 0.25) is 0 Å². The van der Waals surface area contributed by atoms with E-state index in [0.29, 0.717) is 30.9 Å². The van der Waals surface area contributed by atoms with Crippen LogP contribution in [0.1, 0.15) is 25.0 Å². The second-order valence-corrected chi connectivity index (χ2v) is 5.75. The van der Waals surface area contributed by atoms with E-state index in [0.717, 1.165) is 11.1 Å². The standard InChI is InChI=1S/C20H22O6/c1-14(21)25-18-7-3-16(4-8-18)11-12-24-20(23)13-17-5-9-19(10-6-17)26-15(2)22/h3-10,20,23H,11-13H2,1-2H3. The Bertz CT molecular complexity index is 721. The SMILES string of the molecule is CC(=O)Oc1ccc(CCOC(O)Cc2ccc(OC(C)=O)cc2)cc1. The van der Waals surface area contributed by atoms with E-state index in [-0.39, 0.29) is 11.9 Å². The van der Waals surface area contributed by atoms with Crippen LogP contribution in [0.25, 0.3) is 0 Å². The minimum Gasteiger partial charge on any atom is -0.427 e. The first kappa shape index (κ1) is 19.6. The van der Waals surface area contributed by atoms with Gasteiger partial charge in [-0.05, 0) is 41.8 Å². The van der Waals surface area contributed by atoms with Crippen molar-refractivity contribution in [2.24, 2.45) is 0 Å². The van der Waals surface area contributed by atoms with Crippen molar-refractivity contribution in [1.82, 2.24) is 0 Å². The number of benzene rings is 2. The zero-order valence-corrected chi connectivity index (χ0v) is 14.8. The van der Waals surface area contributed by atoms with Gasteiger partial charge in [-0.15, -0.1) is 0 Å². The number of carbonyl (C=O) groups is 2. The van der Waals surface area contributed by atoms with Crippen molar-refractivity contribution in [2.45, 2.75) is 33.0 Å². The zero-order chi connectivity index (χ0) is 18.9. The van der Waals surface area contributed by atoms with Crippen LogP contribution >= 0.6 is 0 Å². The van der Waals surface area contributed by atoms with Crippen molar-refractivity contribution in [1.29, 1.82) is 0 Å². The van der Waals surface area contributed by atoms with E-state index >= 15 is 0 Å². The van der Waals surface area contributed by atoms with Crippen molar-refractivity contribution < 1.29 is 28.9 Å². The summed E-state index contributed by atoms with van der Waals surface area (Å²) >= 11 is 0. The molecule has 1 atom stereocenters. The third kappa shape index (κ3) is 7.04. The summed E-state index contributed by atoms with van der Waals surface area (Å²) in [5, 5.41) is 9.97. The number of rotatable bonds is 8. The molecule has 0 heterocycles. The van der Waals surface area contributed by atoms with Gasteiger partial charge in [0.05, 0.1) is 6.61 Å². The van der Waals surface area contributed by atoms with Crippen LogP contribution in [-0.2, 0) is 27.2 Å². The lowest BCUT2D eigenvalue weighted by atomic mass is 10.1. The average Bonchev–Trinajstić information content (AvgIpc) is 2.57. The molecule has 0 saturated heterocycles. The van der Waals surface area contributed by atoms with E-state index in [1.807, 2.05) is 12.1 Å². The summed E-state index contributed by atoms with van der Waals surface area (Å²) in [6.45, 7) is 3.06. The van der Waals surface area contributed by atoms with Crippen molar-refractivity contribution in [3.63, 3.8) is 0 Å². The van der Waals surface area contributed by atoms with Gasteiger partial charge in [0.15, 0.2) is 6.29 Å². The molecule has 0 spiro atoms. The van der Waals surface area contributed by atoms with Crippen LogP contribution in [0, 0.1) is 0 Å². The maximum absolute atomic E-state index is 10.9. The second kappa shape index (κ2) is 9.70. The molecule has 138 valence electrons. The monoisotopic (exact) mass is 358 g/mol. The Morgan fingerprint density at radius 1 is 0.846 bits per heavy atom. The fourth-order valence-electron chi connectivity index (χ4n) is 2.32. The molecular formula is C20H22O6. The molecule has 2 aromatic carbocycles. The van der Waals surface area contributed by atoms with E-state index in [1.165, 1.54) is 13.8 Å². The molecule has 26 heavy (non-hydrogen) atoms. The Morgan fingerprint density at radius 3 is 1.77 bits per heavy atom. The third-order valence-corrected chi connectivity index (χ3v) is 3.48. The molecule has 1 unspecified atom stereocenters. The van der Waals surface area contributed by atoms with E-state index in [1.54, 1.807) is 36.4 Å². The number of ether oxygens (including phenoxy) is 3. The average molecular weight is 358 g/mol. The van der Waals surface area contributed by atoms with E-state index < -0.39 is 6.29 Å². The van der Waals surface area contributed by atoms with Gasteiger partial charge >= 0.3 is 11.9 Å². The predicted octanol–water partition coefficient (Wildman–Crippen LogP) is 2.66. The molecule has 6 heteroatoms. The van der Waals surface area contributed by atoms with Crippen LogP contribution in [0.2, 0.25) is 0 Å². The summed E-state index contributed by atoms with van der Waals surface area (Å²) in [5.74, 6) is 0.236. The molecule has 6 nitrogen and oxygen atoms in total. The highest BCUT2D eigenvalue weighted by atomic mass is 16.6. The Hall–Kier alpha value is -2.70. The Morgan fingerprint density at radius 2 is 1.31 bits per heavy atom. The highest BCUT2D eigenvalue weighted by molar-refractivity contribution is 5.69. The van der Waals surface area contributed by atoms with Crippen LogP contribution in [0.15, 0.2) is 48.5 Å². The minimum atomic E-state index is -0.921. The lowest BCUT2D eigenvalue weighted by Gasteiger charge is -2.12. The molecule has 0 aliphatic rings. The van der Waals surface area contributed by atoms with Gasteiger partial charge in [-0.3, -0.25) is 9.59 Å². The first-order chi connectivity index (χ1) is 12.4. The number of aliphatic hydroxyl groups is 1. The van der Waals surface area contributed by atoms with E-state index in [9.17, 15) is 14.7 Å². The molecule has 0 amide bonds. The van der Waals surface area contributed by atoms with E-state index in [2.05, 4.69) is 0 Å². The van der Waals surface area contributed by atoms with Gasteiger partial charge in [0, 0.05) is 20.3 Å². The van der Waals surface area contributed by atoms with Crippen molar-refractivity contribution >= 4 is 11.9 Å². The summed E-state index contributed by atoms with van der Waals surface area (Å²) < 4.78 is 15.4. The molecular weight excluding hydrogens is 336 g/mol. The van der Waals surface area contributed by atoms with Crippen LogP contribution in [-0.4, -0.2) is 29.9 Å². The predicted molar refractivity (Wildman–Crippen MR) is 94.9 cm³/mol. The number of esters is 2. The summed E-state index contributed by atoms with van der Waals surface area (Å²) in [4.78, 5) is 21.7. The molecule has 2 aromatic rings. The maximum Gasteiger partial charge on any atom is 0.308 e. The molecule has 0 radical (unpaired) electrons. The van der Waals surface area contributed by atoms with Crippen molar-refractivity contribution in [3.8, 4) is 11.5 Å². The molecule has 1 N–H and O–H groups in total. The van der Waals surface area contributed by atoms with Crippen molar-refractivity contribution in [2.75, 3.05) is 6.61 Å². The number of hydrogen-bond acceptors (Lipinski definition) is 6. The summed E-state index contributed by atoms with van der Waals surface area (Å²) in [6.07, 6.45) is 0.0454. The summed E-state index contributed by atoms with van der Waals surface area (Å²) in [6, 6.07) is 14.0. The first-order valence-electron chi connectivity index (χ1n) is 8.27. The quantitative estimate of drug-likeness (QED) is 0.444. The molecule has 0 aliphatic heterocycles. The highest BCUT2D eigenvalue weighted by Crippen LogP contribution is 2.15. The van der Waals surface area contributed by atoms with Gasteiger partial charge in [0.25, 0.3) is 0 Å². The molecule has 0 aliphatic carbocycles. The Kier molecular flexibility index (Phi) is 7.32. The highest BCUT2D eigenvalue weighted by Gasteiger charge is 2.07. The van der Waals surface area contributed by atoms with Gasteiger partial charge in [-0.1, -0.05) is 24.3 Å². The maximum atomic E-state index is 10.9. The molecule has 0 bridgehead atoms. The number of hydrogen-bond donors (Lipinski definition) is 1. The summed E-state index contributed by atoms with van der Waals surface area (Å²) in [5.41, 5.74) is 1.89. The minimum absolute atomic E-state index is 0.339. The first-order valence-corrected chi connectivity index (χ1v) is 8.27. The molecule has 0 fully saturated rings. The topological polar surface area (TPSA) is 82.1 Å². The molecule has 2 rings (SSSR count). The third-order valence-electron chi connectivity index (χ3n) is 3.48. The van der Waals surface area contributed by atoms with E-state index in [4.69, 9.17) is 14.2 Å². The normalized spacial score (nSPS) is 11.7. The van der Waals surface area contributed by atoms with Crippen LogP contribution < -0.4 is 9.47 Å². The van der Waals surface area contributed by atoms with Gasteiger partial charge in [0.1, 0.15) is 11.5 Å². The van der Waals surface area contributed by atoms with Gasteiger partial charge in [-0.2, -0.15) is 0 Å². The van der Waals surface area contributed by atoms with Crippen molar-refractivity contribution in [3.05, 3.63) is 59.7 Å². The largest absolute Gasteiger partial charge is 0.427 e. The summed E-state index contributed by atoms with van der Waals surface area (Å²) in [7, 11) is 0. The van der Waals surface area contributed by atoms with Crippen LogP contribution in [0.5, 0.6) is 11.5 Å². The Labute approximate surface area is 152 Å². The van der Waals surface area contributed by atoms with Crippen LogP contribution in [0.3, 0.4) is 0 Å². The van der Waals surface area contributed by atoms with Crippen LogP contribution in [0.4, 0.5) is 0 Å². The second-order valence-electron chi connectivity index (χ2n) is 5.75.